The Morgan fingerprint density at radius 3 is 1.22 bits per heavy atom. The van der Waals surface area contributed by atoms with Gasteiger partial charge in [0.15, 0.2) is 0 Å². The smallest absolute Gasteiger partial charge is 0.0822 e. The van der Waals surface area contributed by atoms with Gasteiger partial charge in [-0.15, -0.1) is 0 Å². The number of hydrogen-bond acceptors (Lipinski definition) is 1. The molecule has 0 aromatic heterocycles. The highest BCUT2D eigenvalue weighted by molar-refractivity contribution is 4.48. The summed E-state index contributed by atoms with van der Waals surface area (Å²) in [5, 5.41) is 10.3. The maximum Gasteiger partial charge on any atom is 0.0822 e. The van der Waals surface area contributed by atoms with Crippen LogP contribution in [0.4, 0.5) is 0 Å². The first-order valence-electron chi connectivity index (χ1n) is 10.6. The average molecular weight is 328 g/mol. The van der Waals surface area contributed by atoms with E-state index in [1.54, 1.807) is 0 Å². The number of unbranched alkanes of at least 4 members (excludes halogenated alkanes) is 15. The lowest BCUT2D eigenvalue weighted by atomic mass is 10.1. The fourth-order valence-electron chi connectivity index (χ4n) is 2.98. The first-order valence-corrected chi connectivity index (χ1v) is 10.6. The Bertz CT molecular complexity index is 174. The van der Waals surface area contributed by atoms with Crippen molar-refractivity contribution in [3.05, 3.63) is 0 Å². The van der Waals surface area contributed by atoms with Crippen LogP contribution in [-0.2, 0) is 9.84 Å². The third-order valence-corrected chi connectivity index (χ3v) is 4.58. The zero-order chi connectivity index (χ0) is 16.8. The van der Waals surface area contributed by atoms with Crippen LogP contribution in [0.15, 0.2) is 0 Å². The fourth-order valence-corrected chi connectivity index (χ4v) is 2.98. The molecule has 23 heavy (non-hydrogen) atoms. The zero-order valence-electron chi connectivity index (χ0n) is 16.0. The van der Waals surface area contributed by atoms with E-state index in [1.807, 2.05) is 0 Å². The van der Waals surface area contributed by atoms with E-state index in [0.29, 0.717) is 0 Å². The molecule has 0 rings (SSSR count). The second-order valence-electron chi connectivity index (χ2n) is 6.97. The highest BCUT2D eigenvalue weighted by atomic mass is 16.5. The molecule has 0 unspecified atom stereocenters. The normalized spacial score (nSPS) is 11.2. The molecule has 2 heteroatoms. The van der Waals surface area contributed by atoms with Crippen molar-refractivity contribution in [2.75, 3.05) is 19.8 Å². The molecule has 139 valence electrons. The van der Waals surface area contributed by atoms with E-state index in [0.717, 1.165) is 26.1 Å². The van der Waals surface area contributed by atoms with Crippen molar-refractivity contribution in [1.29, 1.82) is 0 Å². The monoisotopic (exact) mass is 327 g/mol. The van der Waals surface area contributed by atoms with E-state index < -0.39 is 0 Å². The summed E-state index contributed by atoms with van der Waals surface area (Å²) in [6.07, 6.45) is 22.2. The van der Waals surface area contributed by atoms with E-state index in [1.165, 1.54) is 96.3 Å². The lowest BCUT2D eigenvalue weighted by Crippen LogP contribution is -1.97. The van der Waals surface area contributed by atoms with Crippen molar-refractivity contribution in [3.63, 3.8) is 0 Å². The molecule has 0 aromatic carbocycles. The summed E-state index contributed by atoms with van der Waals surface area (Å²) in [7, 11) is 0. The summed E-state index contributed by atoms with van der Waals surface area (Å²) in [5.74, 6) is 0. The number of hydrogen-bond donors (Lipinski definition) is 0. The van der Waals surface area contributed by atoms with Crippen LogP contribution in [0.5, 0.6) is 0 Å². The average Bonchev–Trinajstić information content (AvgIpc) is 2.57. The third-order valence-electron chi connectivity index (χ3n) is 4.58. The van der Waals surface area contributed by atoms with Gasteiger partial charge in [0, 0.05) is 13.2 Å². The van der Waals surface area contributed by atoms with Gasteiger partial charge >= 0.3 is 0 Å². The second-order valence-corrected chi connectivity index (χ2v) is 6.97. The number of rotatable bonds is 20. The minimum atomic E-state index is 0.110. The molecular weight excluding hydrogens is 284 g/mol. The molecule has 0 N–H and O–H groups in total. The van der Waals surface area contributed by atoms with E-state index in [-0.39, 0.29) is 6.61 Å². The molecule has 0 aliphatic rings. The largest absolute Gasteiger partial charge is 0.381 e. The van der Waals surface area contributed by atoms with Crippen LogP contribution in [0.3, 0.4) is 0 Å². The zero-order valence-corrected chi connectivity index (χ0v) is 16.0. The standard InChI is InChI=1S/C21H43O2/c1-2-3-4-5-6-11-14-17-20-23-21-18-15-12-9-7-8-10-13-16-19-22/h2-21H2,1H3. The minimum Gasteiger partial charge on any atom is -0.381 e. The van der Waals surface area contributed by atoms with E-state index >= 15 is 0 Å². The molecule has 0 aliphatic heterocycles. The molecule has 2 nitrogen and oxygen atoms in total. The minimum absolute atomic E-state index is 0.110. The molecule has 0 spiro atoms. The highest BCUT2D eigenvalue weighted by Gasteiger charge is 1.95. The summed E-state index contributed by atoms with van der Waals surface area (Å²) >= 11 is 0. The van der Waals surface area contributed by atoms with Gasteiger partial charge in [0.05, 0.1) is 6.61 Å². The maximum absolute atomic E-state index is 10.3. The van der Waals surface area contributed by atoms with E-state index in [9.17, 15) is 5.11 Å². The van der Waals surface area contributed by atoms with Gasteiger partial charge in [0.25, 0.3) is 0 Å². The van der Waals surface area contributed by atoms with Gasteiger partial charge in [-0.2, -0.15) is 0 Å². The summed E-state index contributed by atoms with van der Waals surface area (Å²) in [6.45, 7) is 4.31. The van der Waals surface area contributed by atoms with Gasteiger partial charge in [-0.05, 0) is 19.3 Å². The van der Waals surface area contributed by atoms with Crippen molar-refractivity contribution < 1.29 is 9.84 Å². The Morgan fingerprint density at radius 2 is 0.826 bits per heavy atom. The molecule has 0 bridgehead atoms. The van der Waals surface area contributed by atoms with Gasteiger partial charge in [0.2, 0.25) is 0 Å². The first kappa shape index (κ1) is 22.9. The van der Waals surface area contributed by atoms with Crippen LogP contribution < -0.4 is 0 Å². The van der Waals surface area contributed by atoms with Crippen LogP contribution in [0.25, 0.3) is 0 Å². The quantitative estimate of drug-likeness (QED) is 0.219. The molecule has 0 aromatic rings. The van der Waals surface area contributed by atoms with Crippen molar-refractivity contribution >= 4 is 0 Å². The molecule has 0 saturated heterocycles. The summed E-state index contributed by atoms with van der Waals surface area (Å²) < 4.78 is 5.72. The van der Waals surface area contributed by atoms with Gasteiger partial charge in [0.1, 0.15) is 0 Å². The van der Waals surface area contributed by atoms with E-state index in [4.69, 9.17) is 4.74 Å². The Hall–Kier alpha value is -0.0800. The molecule has 0 heterocycles. The molecule has 0 atom stereocenters. The summed E-state index contributed by atoms with van der Waals surface area (Å²) in [5.41, 5.74) is 0. The molecule has 0 amide bonds. The summed E-state index contributed by atoms with van der Waals surface area (Å²) in [4.78, 5) is 0. The Labute approximate surface area is 146 Å². The fraction of sp³-hybridized carbons (Fsp3) is 1.00. The Kier molecular flexibility index (Phi) is 21.8. The predicted molar refractivity (Wildman–Crippen MR) is 101 cm³/mol. The summed E-state index contributed by atoms with van der Waals surface area (Å²) in [6, 6.07) is 0. The van der Waals surface area contributed by atoms with Gasteiger partial charge in [-0.25, -0.2) is 5.11 Å². The number of ether oxygens (including phenoxy) is 1. The molecule has 0 fully saturated rings. The van der Waals surface area contributed by atoms with Crippen LogP contribution >= 0.6 is 0 Å². The maximum atomic E-state index is 10.3. The lowest BCUT2D eigenvalue weighted by Gasteiger charge is -2.05. The molecule has 0 aliphatic carbocycles. The second kappa shape index (κ2) is 21.9. The van der Waals surface area contributed by atoms with Crippen molar-refractivity contribution in [1.82, 2.24) is 0 Å². The SMILES string of the molecule is CCCCCCCCCCOCCCCCCCCCCC[O]. The topological polar surface area (TPSA) is 29.1 Å². The van der Waals surface area contributed by atoms with Crippen LogP contribution in [0, 0.1) is 0 Å². The lowest BCUT2D eigenvalue weighted by molar-refractivity contribution is 0.125. The Morgan fingerprint density at radius 1 is 0.478 bits per heavy atom. The third kappa shape index (κ3) is 21.9. The van der Waals surface area contributed by atoms with Crippen LogP contribution in [0.2, 0.25) is 0 Å². The molecule has 0 saturated carbocycles. The van der Waals surface area contributed by atoms with Crippen molar-refractivity contribution in [2.24, 2.45) is 0 Å². The van der Waals surface area contributed by atoms with Crippen LogP contribution in [0.1, 0.15) is 116 Å². The highest BCUT2D eigenvalue weighted by Crippen LogP contribution is 2.10. The van der Waals surface area contributed by atoms with Gasteiger partial charge < -0.3 is 4.74 Å². The van der Waals surface area contributed by atoms with E-state index in [2.05, 4.69) is 6.92 Å². The van der Waals surface area contributed by atoms with Gasteiger partial charge in [-0.3, -0.25) is 0 Å². The predicted octanol–water partition coefficient (Wildman–Crippen LogP) is 7.09. The van der Waals surface area contributed by atoms with Crippen LogP contribution in [-0.4, -0.2) is 19.8 Å². The van der Waals surface area contributed by atoms with Crippen molar-refractivity contribution in [3.8, 4) is 0 Å². The first-order chi connectivity index (χ1) is 11.4. The van der Waals surface area contributed by atoms with Gasteiger partial charge in [-0.1, -0.05) is 96.8 Å². The Balaban J connectivity index is 2.92. The molecular formula is C21H43O2. The molecule has 1 radical (unpaired) electrons. The van der Waals surface area contributed by atoms with Crippen molar-refractivity contribution in [2.45, 2.75) is 116 Å².